The average molecular weight is 731 g/mol. The van der Waals surface area contributed by atoms with Crippen molar-refractivity contribution in [3.05, 3.63) is 230 Å². The van der Waals surface area contributed by atoms with E-state index in [1.165, 1.54) is 71.6 Å². The Labute approximate surface area is 334 Å². The van der Waals surface area contributed by atoms with Crippen molar-refractivity contribution >= 4 is 49.5 Å². The molecule has 2 nitrogen and oxygen atoms in total. The minimum absolute atomic E-state index is 0.253. The molecule has 0 spiro atoms. The molecule has 0 atom stereocenters. The van der Waals surface area contributed by atoms with Gasteiger partial charge in [-0.3, -0.25) is 0 Å². The third-order valence-electron chi connectivity index (χ3n) is 11.8. The maximum Gasteiger partial charge on any atom is 0.0568 e. The predicted molar refractivity (Wildman–Crippen MR) is 243 cm³/mol. The molecule has 0 bridgehead atoms. The van der Waals surface area contributed by atoms with E-state index in [2.05, 4.69) is 230 Å². The third kappa shape index (κ3) is 5.64. The van der Waals surface area contributed by atoms with Crippen molar-refractivity contribution in [3.63, 3.8) is 0 Å². The third-order valence-corrected chi connectivity index (χ3v) is 11.8. The number of rotatable bonds is 7. The van der Waals surface area contributed by atoms with Crippen LogP contribution in [0.25, 0.3) is 66.1 Å². The van der Waals surface area contributed by atoms with Crippen molar-refractivity contribution in [2.45, 2.75) is 19.3 Å². The molecule has 0 fully saturated rings. The van der Waals surface area contributed by atoms with Gasteiger partial charge in [0.05, 0.1) is 22.4 Å². The smallest absolute Gasteiger partial charge is 0.0568 e. The Bertz CT molecular complexity index is 3030. The lowest BCUT2D eigenvalue weighted by Gasteiger charge is -2.29. The highest BCUT2D eigenvalue weighted by atomic mass is 15.1. The second-order valence-electron chi connectivity index (χ2n) is 15.4. The first-order valence-corrected chi connectivity index (χ1v) is 19.7. The minimum Gasteiger partial charge on any atom is -0.316 e. The Morgan fingerprint density at radius 2 is 1.11 bits per heavy atom. The van der Waals surface area contributed by atoms with E-state index < -0.39 is 0 Å². The molecule has 57 heavy (non-hydrogen) atoms. The van der Waals surface area contributed by atoms with Gasteiger partial charge in [0.2, 0.25) is 0 Å². The van der Waals surface area contributed by atoms with Gasteiger partial charge in [-0.25, -0.2) is 0 Å². The van der Waals surface area contributed by atoms with Crippen molar-refractivity contribution in [1.29, 1.82) is 0 Å². The number of hydrogen-bond acceptors (Lipinski definition) is 1. The summed E-state index contributed by atoms with van der Waals surface area (Å²) >= 11 is 0. The fraction of sp³-hybridized carbons (Fsp3) is 0.0545. The van der Waals surface area contributed by atoms with E-state index >= 15 is 0 Å². The number of allylic oxidation sites excluding steroid dienone is 4. The van der Waals surface area contributed by atoms with E-state index in [0.29, 0.717) is 0 Å². The lowest BCUT2D eigenvalue weighted by molar-refractivity contribution is 0.658. The monoisotopic (exact) mass is 730 g/mol. The van der Waals surface area contributed by atoms with Crippen LogP contribution in [0.4, 0.5) is 11.4 Å². The van der Waals surface area contributed by atoms with Crippen molar-refractivity contribution in [3.8, 4) is 27.9 Å². The molecule has 10 rings (SSSR count). The fourth-order valence-electron chi connectivity index (χ4n) is 9.08. The molecule has 1 aromatic heterocycles. The van der Waals surface area contributed by atoms with Gasteiger partial charge in [0.1, 0.15) is 0 Å². The van der Waals surface area contributed by atoms with Crippen LogP contribution in [0.15, 0.2) is 219 Å². The van der Waals surface area contributed by atoms with E-state index in [4.69, 9.17) is 0 Å². The summed E-state index contributed by atoms with van der Waals surface area (Å²) in [5.74, 6) is 0. The Morgan fingerprint density at radius 3 is 1.84 bits per heavy atom. The summed E-state index contributed by atoms with van der Waals surface area (Å²) in [6.07, 6.45) is 6.49. The number of anilines is 2. The molecule has 0 unspecified atom stereocenters. The van der Waals surface area contributed by atoms with E-state index in [1.54, 1.807) is 0 Å². The Balaban J connectivity index is 1.30. The normalized spacial score (nSPS) is 14.8. The lowest BCUT2D eigenvalue weighted by atomic mass is 9.82. The van der Waals surface area contributed by atoms with Crippen LogP contribution in [0.1, 0.15) is 25.0 Å². The van der Waals surface area contributed by atoms with E-state index in [0.717, 1.165) is 22.6 Å². The van der Waals surface area contributed by atoms with Crippen LogP contribution in [0.5, 0.6) is 0 Å². The first kappa shape index (κ1) is 34.3. The van der Waals surface area contributed by atoms with Gasteiger partial charge in [0.15, 0.2) is 0 Å². The number of hydrogen-bond donors (Lipinski definition) is 0. The van der Waals surface area contributed by atoms with Gasteiger partial charge in [-0.1, -0.05) is 190 Å². The number of fused-ring (bicyclic) bond motifs is 6. The molecule has 8 aromatic carbocycles. The van der Waals surface area contributed by atoms with Crippen LogP contribution < -0.4 is 4.90 Å². The van der Waals surface area contributed by atoms with Crippen molar-refractivity contribution in [2.75, 3.05) is 4.90 Å². The highest BCUT2D eigenvalue weighted by Gasteiger charge is 2.38. The SMILES string of the molecule is C=C/C=C1\C(=C/N(c2ccc(-c3ccccc3)cc2)c2cc3c(c4ccccc24)c2ccccc2n3-c2ccccc2-c2ccccc2)C(C)(C)c2ccccc21. The van der Waals surface area contributed by atoms with Crippen LogP contribution in [-0.2, 0) is 5.41 Å². The number of para-hydroxylation sites is 2. The molecule has 0 aliphatic heterocycles. The largest absolute Gasteiger partial charge is 0.316 e. The second kappa shape index (κ2) is 13.8. The van der Waals surface area contributed by atoms with Crippen LogP contribution >= 0.6 is 0 Å². The molecule has 0 saturated carbocycles. The summed E-state index contributed by atoms with van der Waals surface area (Å²) in [4.78, 5) is 2.43. The molecule has 1 heterocycles. The van der Waals surface area contributed by atoms with Gasteiger partial charge in [-0.15, -0.1) is 0 Å². The minimum atomic E-state index is -0.253. The molecule has 0 saturated heterocycles. The van der Waals surface area contributed by atoms with Crippen molar-refractivity contribution in [1.82, 2.24) is 4.57 Å². The van der Waals surface area contributed by atoms with Crippen LogP contribution in [0.3, 0.4) is 0 Å². The zero-order chi connectivity index (χ0) is 38.5. The summed E-state index contributed by atoms with van der Waals surface area (Å²) in [7, 11) is 0. The first-order valence-electron chi connectivity index (χ1n) is 19.7. The van der Waals surface area contributed by atoms with Crippen molar-refractivity contribution in [2.24, 2.45) is 0 Å². The summed E-state index contributed by atoms with van der Waals surface area (Å²) in [5.41, 5.74) is 15.2. The number of benzene rings is 8. The zero-order valence-corrected chi connectivity index (χ0v) is 32.2. The molecular weight excluding hydrogens is 689 g/mol. The van der Waals surface area contributed by atoms with Gasteiger partial charge in [0, 0.05) is 39.0 Å². The molecular formula is C55H42N2. The Morgan fingerprint density at radius 1 is 0.526 bits per heavy atom. The summed E-state index contributed by atoms with van der Waals surface area (Å²) in [5, 5.41) is 4.90. The van der Waals surface area contributed by atoms with Crippen LogP contribution in [-0.4, -0.2) is 4.57 Å². The van der Waals surface area contributed by atoms with E-state index in [-0.39, 0.29) is 5.41 Å². The highest BCUT2D eigenvalue weighted by Crippen LogP contribution is 2.51. The topological polar surface area (TPSA) is 8.17 Å². The van der Waals surface area contributed by atoms with E-state index in [1.807, 2.05) is 6.08 Å². The Kier molecular flexibility index (Phi) is 8.34. The maximum absolute atomic E-state index is 4.16. The fourth-order valence-corrected chi connectivity index (χ4v) is 9.08. The highest BCUT2D eigenvalue weighted by molar-refractivity contribution is 6.24. The van der Waals surface area contributed by atoms with Gasteiger partial charge in [-0.05, 0) is 74.7 Å². The van der Waals surface area contributed by atoms with Gasteiger partial charge in [-0.2, -0.15) is 0 Å². The zero-order valence-electron chi connectivity index (χ0n) is 32.2. The molecule has 2 heteroatoms. The van der Waals surface area contributed by atoms with Crippen LogP contribution in [0, 0.1) is 0 Å². The van der Waals surface area contributed by atoms with E-state index in [9.17, 15) is 0 Å². The quantitative estimate of drug-likeness (QED) is 0.158. The summed E-state index contributed by atoms with van der Waals surface area (Å²) < 4.78 is 2.48. The number of aromatic nitrogens is 1. The summed E-state index contributed by atoms with van der Waals surface area (Å²) in [6.45, 7) is 8.85. The second-order valence-corrected chi connectivity index (χ2v) is 15.4. The number of nitrogens with zero attached hydrogens (tertiary/aromatic N) is 2. The van der Waals surface area contributed by atoms with Gasteiger partial charge in [0.25, 0.3) is 0 Å². The first-order chi connectivity index (χ1) is 28.0. The molecule has 9 aromatic rings. The van der Waals surface area contributed by atoms with Gasteiger partial charge < -0.3 is 9.47 Å². The summed E-state index contributed by atoms with van der Waals surface area (Å²) in [6, 6.07) is 68.2. The molecule has 0 radical (unpaired) electrons. The lowest BCUT2D eigenvalue weighted by Crippen LogP contribution is -2.19. The molecule has 272 valence electrons. The standard InChI is InChI=1S/C55H42N2/c1-4-19-43-44-25-13-16-29-48(44)55(2,3)49(43)37-56(41-34-32-39(33-35-41)38-20-7-5-8-21-38)52-36-53-54(46-27-12-11-26-45(46)52)47-28-15-18-31-51(47)57(53)50-30-17-14-24-42(50)40-22-9-6-10-23-40/h4-37H,1H2,2-3H3/b43-19-,49-37+. The molecule has 1 aliphatic rings. The van der Waals surface area contributed by atoms with Crippen LogP contribution in [0.2, 0.25) is 0 Å². The van der Waals surface area contributed by atoms with Gasteiger partial charge >= 0.3 is 0 Å². The maximum atomic E-state index is 4.16. The molecule has 0 N–H and O–H groups in total. The predicted octanol–water partition coefficient (Wildman–Crippen LogP) is 14.9. The average Bonchev–Trinajstić information content (AvgIpc) is 3.71. The van der Waals surface area contributed by atoms with Crippen molar-refractivity contribution < 1.29 is 0 Å². The molecule has 1 aliphatic carbocycles. The molecule has 0 amide bonds. The Hall–Kier alpha value is -7.16.